The molecule has 0 bridgehead atoms. The smallest absolute Gasteiger partial charge is 0.338 e. The summed E-state index contributed by atoms with van der Waals surface area (Å²) >= 11 is 0. The largest absolute Gasteiger partial charge is 1.00 e. The van der Waals surface area contributed by atoms with Crippen LogP contribution in [0.3, 0.4) is 0 Å². The Kier molecular flexibility index (Phi) is 8.26. The summed E-state index contributed by atoms with van der Waals surface area (Å²) in [6.07, 6.45) is 1.04. The zero-order valence-corrected chi connectivity index (χ0v) is 13.6. The Labute approximate surface area is 138 Å². The van der Waals surface area contributed by atoms with Crippen LogP contribution < -0.4 is 17.3 Å². The fraction of sp³-hybridized carbons (Fsp3) is 0.278. The Balaban J connectivity index is 0.00000242. The molecule has 1 unspecified atom stereocenters. The van der Waals surface area contributed by atoms with E-state index in [4.69, 9.17) is 4.74 Å². The first kappa shape index (κ1) is 18.2. The maximum absolute atomic E-state index is 11.8. The number of hydrogen-bond acceptors (Lipinski definition) is 2. The van der Waals surface area contributed by atoms with Crippen LogP contribution in [0.2, 0.25) is 0 Å². The number of nitrogens with one attached hydrogen (secondary N) is 1. The molecule has 2 aromatic carbocycles. The predicted octanol–water partition coefficient (Wildman–Crippen LogP) is -1.40. The third-order valence-electron chi connectivity index (χ3n) is 3.45. The van der Waals surface area contributed by atoms with Crippen LogP contribution in [0, 0.1) is 0 Å². The van der Waals surface area contributed by atoms with Gasteiger partial charge >= 0.3 is 5.97 Å². The molecular weight excluding hydrogens is 298 g/mol. The second-order valence-electron chi connectivity index (χ2n) is 5.19. The van der Waals surface area contributed by atoms with Crippen molar-refractivity contribution in [3.63, 3.8) is 0 Å². The lowest BCUT2D eigenvalue weighted by Crippen LogP contribution is -3.09. The van der Waals surface area contributed by atoms with Crippen molar-refractivity contribution >= 4 is 5.97 Å². The number of carbonyl (C=O) groups excluding carboxylic acids is 1. The summed E-state index contributed by atoms with van der Waals surface area (Å²) in [6, 6.07) is 19.6. The zero-order chi connectivity index (χ0) is 14.9. The number of quaternary nitrogens is 1. The van der Waals surface area contributed by atoms with E-state index in [2.05, 4.69) is 31.3 Å². The van der Waals surface area contributed by atoms with Crippen LogP contribution in [0.25, 0.3) is 0 Å². The Morgan fingerprint density at radius 3 is 2.18 bits per heavy atom. The third kappa shape index (κ3) is 6.29. The lowest BCUT2D eigenvalue weighted by molar-refractivity contribution is -0.879. The van der Waals surface area contributed by atoms with Crippen molar-refractivity contribution < 1.29 is 26.8 Å². The zero-order valence-electron chi connectivity index (χ0n) is 12.8. The van der Waals surface area contributed by atoms with E-state index in [1.54, 1.807) is 12.1 Å². The summed E-state index contributed by atoms with van der Waals surface area (Å²) < 4.78 is 5.29. The fourth-order valence-corrected chi connectivity index (χ4v) is 2.10. The predicted molar refractivity (Wildman–Crippen MR) is 83.5 cm³/mol. The van der Waals surface area contributed by atoms with Crippen LogP contribution in [0.5, 0.6) is 0 Å². The molecule has 0 spiro atoms. The molecule has 3 nitrogen and oxygen atoms in total. The van der Waals surface area contributed by atoms with Gasteiger partial charge in [0.1, 0.15) is 13.2 Å². The van der Waals surface area contributed by atoms with Gasteiger partial charge in [0.25, 0.3) is 0 Å². The molecule has 0 radical (unpaired) electrons. The first-order valence-electron chi connectivity index (χ1n) is 7.33. The second kappa shape index (κ2) is 9.98. The number of hydrogen-bond donors (Lipinski definition) is 1. The molecule has 0 saturated carbocycles. The van der Waals surface area contributed by atoms with Gasteiger partial charge in [-0.3, -0.25) is 0 Å². The number of rotatable bonds is 7. The lowest BCUT2D eigenvalue weighted by atomic mass is 10.1. The van der Waals surface area contributed by atoms with Gasteiger partial charge in [-0.25, -0.2) is 4.79 Å². The highest BCUT2D eigenvalue weighted by Crippen LogP contribution is 2.00. The number of esters is 1. The number of benzene rings is 2. The standard InChI is InChI=1S/C18H21NO2.ClH/c1-19(13-12-16-8-4-2-5-9-16)14-15-21-18(20)17-10-6-3-7-11-17;/h2-11H,12-15H2,1H3;1H. The maximum atomic E-state index is 11.8. The summed E-state index contributed by atoms with van der Waals surface area (Å²) in [7, 11) is 2.12. The molecule has 22 heavy (non-hydrogen) atoms. The minimum atomic E-state index is -0.244. The van der Waals surface area contributed by atoms with Crippen LogP contribution in [-0.4, -0.2) is 32.7 Å². The Morgan fingerprint density at radius 1 is 0.955 bits per heavy atom. The van der Waals surface area contributed by atoms with E-state index < -0.39 is 0 Å². The van der Waals surface area contributed by atoms with Crippen molar-refractivity contribution in [1.29, 1.82) is 0 Å². The van der Waals surface area contributed by atoms with Gasteiger partial charge < -0.3 is 22.0 Å². The Bertz CT molecular complexity index is 546. The first-order chi connectivity index (χ1) is 10.3. The van der Waals surface area contributed by atoms with Crippen LogP contribution in [0.4, 0.5) is 0 Å². The molecule has 0 aromatic heterocycles. The van der Waals surface area contributed by atoms with Gasteiger partial charge in [0.2, 0.25) is 0 Å². The molecule has 0 amide bonds. The average molecular weight is 320 g/mol. The molecule has 0 saturated heterocycles. The number of ether oxygens (including phenoxy) is 1. The van der Waals surface area contributed by atoms with Gasteiger partial charge in [0.05, 0.1) is 19.2 Å². The Morgan fingerprint density at radius 2 is 1.55 bits per heavy atom. The van der Waals surface area contributed by atoms with Crippen LogP contribution in [0.15, 0.2) is 60.7 Å². The van der Waals surface area contributed by atoms with E-state index in [0.29, 0.717) is 12.2 Å². The van der Waals surface area contributed by atoms with Crippen molar-refractivity contribution in [2.45, 2.75) is 6.42 Å². The SMILES string of the molecule is C[NH+](CCOC(=O)c1ccccc1)CCc1ccccc1.[Cl-]. The van der Waals surface area contributed by atoms with Crippen LogP contribution in [-0.2, 0) is 11.2 Å². The van der Waals surface area contributed by atoms with Crippen LogP contribution in [0.1, 0.15) is 15.9 Å². The monoisotopic (exact) mass is 319 g/mol. The lowest BCUT2D eigenvalue weighted by Gasteiger charge is -2.14. The number of halogens is 1. The van der Waals surface area contributed by atoms with Crippen molar-refractivity contribution in [3.8, 4) is 0 Å². The third-order valence-corrected chi connectivity index (χ3v) is 3.45. The summed E-state index contributed by atoms with van der Waals surface area (Å²) in [4.78, 5) is 13.1. The summed E-state index contributed by atoms with van der Waals surface area (Å²) in [5.74, 6) is -0.244. The highest BCUT2D eigenvalue weighted by molar-refractivity contribution is 5.89. The van der Waals surface area contributed by atoms with Crippen molar-refractivity contribution in [2.75, 3.05) is 26.7 Å². The molecule has 1 N–H and O–H groups in total. The summed E-state index contributed by atoms with van der Waals surface area (Å²) in [6.45, 7) is 2.31. The fourth-order valence-electron chi connectivity index (χ4n) is 2.10. The van der Waals surface area contributed by atoms with Crippen LogP contribution >= 0.6 is 0 Å². The summed E-state index contributed by atoms with van der Waals surface area (Å²) in [5.41, 5.74) is 1.96. The quantitative estimate of drug-likeness (QED) is 0.637. The molecule has 0 heterocycles. The topological polar surface area (TPSA) is 30.7 Å². The number of carbonyl (C=O) groups is 1. The molecule has 0 fully saturated rings. The van der Waals surface area contributed by atoms with Gasteiger partial charge in [0.15, 0.2) is 0 Å². The molecule has 4 heteroatoms. The highest BCUT2D eigenvalue weighted by atomic mass is 35.5. The van der Waals surface area contributed by atoms with Crippen molar-refractivity contribution in [3.05, 3.63) is 71.8 Å². The first-order valence-corrected chi connectivity index (χ1v) is 7.33. The van der Waals surface area contributed by atoms with E-state index in [9.17, 15) is 4.79 Å². The molecule has 1 atom stereocenters. The molecule has 0 aliphatic heterocycles. The molecule has 2 rings (SSSR count). The summed E-state index contributed by atoms with van der Waals surface area (Å²) in [5, 5.41) is 0. The number of likely N-dealkylation sites (N-methyl/N-ethyl adjacent to an activating group) is 1. The average Bonchev–Trinajstić information content (AvgIpc) is 2.54. The van der Waals surface area contributed by atoms with E-state index >= 15 is 0 Å². The van der Waals surface area contributed by atoms with E-state index in [1.165, 1.54) is 10.5 Å². The van der Waals surface area contributed by atoms with E-state index in [1.807, 2.05) is 24.3 Å². The van der Waals surface area contributed by atoms with Crippen molar-refractivity contribution in [1.82, 2.24) is 0 Å². The molecule has 118 valence electrons. The van der Waals surface area contributed by atoms with Gasteiger partial charge in [-0.2, -0.15) is 0 Å². The van der Waals surface area contributed by atoms with E-state index in [0.717, 1.165) is 19.5 Å². The van der Waals surface area contributed by atoms with Gasteiger partial charge in [-0.05, 0) is 17.7 Å². The highest BCUT2D eigenvalue weighted by Gasteiger charge is 2.08. The van der Waals surface area contributed by atoms with Gasteiger partial charge in [-0.15, -0.1) is 0 Å². The minimum Gasteiger partial charge on any atom is -1.00 e. The molecular formula is C18H22ClNO2. The van der Waals surface area contributed by atoms with E-state index in [-0.39, 0.29) is 18.4 Å². The molecule has 0 aliphatic rings. The van der Waals surface area contributed by atoms with Crippen molar-refractivity contribution in [2.24, 2.45) is 0 Å². The second-order valence-corrected chi connectivity index (χ2v) is 5.19. The minimum absolute atomic E-state index is 0. The van der Waals surface area contributed by atoms with Gasteiger partial charge in [-0.1, -0.05) is 48.5 Å². The normalized spacial score (nSPS) is 11.3. The van der Waals surface area contributed by atoms with Gasteiger partial charge in [0, 0.05) is 6.42 Å². The maximum Gasteiger partial charge on any atom is 0.338 e. The Hall–Kier alpha value is -1.84. The molecule has 2 aromatic rings. The molecule has 0 aliphatic carbocycles.